The number of nitrogens with zero attached hydrogens (tertiary/aromatic N) is 2. The summed E-state index contributed by atoms with van der Waals surface area (Å²) in [6.07, 6.45) is 5.78. The molecule has 1 aliphatic heterocycles. The Hall–Kier alpha value is -2.04. The van der Waals surface area contributed by atoms with E-state index in [1.807, 2.05) is 37.3 Å². The lowest BCUT2D eigenvalue weighted by Crippen LogP contribution is -2.06. The highest BCUT2D eigenvalue weighted by molar-refractivity contribution is 8.18. The minimum Gasteiger partial charge on any atom is -0.267 e. The van der Waals surface area contributed by atoms with Crippen LogP contribution in [0.3, 0.4) is 0 Å². The second-order valence-electron chi connectivity index (χ2n) is 5.23. The summed E-state index contributed by atoms with van der Waals surface area (Å²) in [5, 5.41) is 13.6. The quantitative estimate of drug-likeness (QED) is 0.718. The van der Waals surface area contributed by atoms with E-state index in [1.165, 1.54) is 11.8 Å². The van der Waals surface area contributed by atoms with Gasteiger partial charge in [0.25, 0.3) is 0 Å². The summed E-state index contributed by atoms with van der Waals surface area (Å²) in [4.78, 5) is 0.833. The van der Waals surface area contributed by atoms with Crippen LogP contribution in [0.5, 0.6) is 0 Å². The van der Waals surface area contributed by atoms with Gasteiger partial charge in [-0.15, -0.1) is 0 Å². The van der Waals surface area contributed by atoms with Gasteiger partial charge in [-0.1, -0.05) is 48.1 Å². The first-order valence-electron chi connectivity index (χ1n) is 7.47. The number of benzene rings is 1. The Morgan fingerprint density at radius 3 is 2.79 bits per heavy atom. The smallest absolute Gasteiger partial charge is 0.267 e. The normalized spacial score (nSPS) is 18.7. The van der Waals surface area contributed by atoms with Crippen molar-refractivity contribution >= 4 is 26.9 Å². The molecule has 0 radical (unpaired) electrons. The summed E-state index contributed by atoms with van der Waals surface area (Å²) in [7, 11) is -3.62. The topological polar surface area (TPSA) is 79.5 Å². The zero-order valence-electron chi connectivity index (χ0n) is 13.5. The maximum absolute atomic E-state index is 11.5. The number of hydrogen-bond donors (Lipinski definition) is 0. The molecule has 5 nitrogen and oxygen atoms in total. The fourth-order valence-electron chi connectivity index (χ4n) is 2.16. The van der Waals surface area contributed by atoms with E-state index in [2.05, 4.69) is 15.5 Å². The molecule has 7 heteroatoms. The molecule has 1 aromatic carbocycles. The van der Waals surface area contributed by atoms with Gasteiger partial charge in [-0.3, -0.25) is 4.28 Å². The lowest BCUT2D eigenvalue weighted by molar-refractivity contribution is 0.340. The average molecular weight is 362 g/mol. The van der Waals surface area contributed by atoms with Crippen molar-refractivity contribution < 1.29 is 12.7 Å². The van der Waals surface area contributed by atoms with Crippen molar-refractivity contribution in [3.8, 4) is 6.07 Å². The van der Waals surface area contributed by atoms with Crippen LogP contribution < -0.4 is 0 Å². The highest BCUT2D eigenvalue weighted by Crippen LogP contribution is 2.31. The molecule has 0 aromatic heterocycles. The van der Waals surface area contributed by atoms with Gasteiger partial charge >= 0.3 is 10.1 Å². The molecule has 2 rings (SSSR count). The molecule has 0 saturated heterocycles. The van der Waals surface area contributed by atoms with Crippen LogP contribution in [0.4, 0.5) is 0 Å². The van der Waals surface area contributed by atoms with E-state index >= 15 is 0 Å². The van der Waals surface area contributed by atoms with Crippen LogP contribution in [-0.4, -0.2) is 19.2 Å². The van der Waals surface area contributed by atoms with Gasteiger partial charge in [-0.05, 0) is 42.7 Å². The van der Waals surface area contributed by atoms with Gasteiger partial charge in [0.05, 0.1) is 17.7 Å². The standard InChI is InChI=1S/C17H18N2O3S2/c1-3-10-24(20,21)22-19-17-9-8-15(23-17)11-14(12-18)16-7-5-4-6-13(16)2/h4-9,11,14H,3,10H2,1-2H3. The first-order valence-corrected chi connectivity index (χ1v) is 9.87. The SMILES string of the molecule is CCCS(=O)(=O)ON=C1C=CC(=CC(C#N)c2ccccc2C)S1. The molecule has 1 heterocycles. The summed E-state index contributed by atoms with van der Waals surface area (Å²) < 4.78 is 27.6. The Morgan fingerprint density at radius 1 is 1.38 bits per heavy atom. The second kappa shape index (κ2) is 8.18. The number of allylic oxidation sites excluding steroid dienone is 2. The van der Waals surface area contributed by atoms with E-state index in [0.29, 0.717) is 11.5 Å². The molecule has 0 amide bonds. The number of thioether (sulfide) groups is 1. The first-order chi connectivity index (χ1) is 11.4. The molecule has 1 aliphatic rings. The summed E-state index contributed by atoms with van der Waals surface area (Å²) in [6.45, 7) is 3.72. The average Bonchev–Trinajstić information content (AvgIpc) is 2.99. The zero-order valence-corrected chi connectivity index (χ0v) is 15.1. The Bertz CT molecular complexity index is 834. The van der Waals surface area contributed by atoms with Crippen LogP contribution in [0.15, 0.2) is 52.6 Å². The van der Waals surface area contributed by atoms with Crippen molar-refractivity contribution in [3.63, 3.8) is 0 Å². The molecule has 0 spiro atoms. The summed E-state index contributed by atoms with van der Waals surface area (Å²) in [5.74, 6) is -0.438. The van der Waals surface area contributed by atoms with Gasteiger partial charge in [0.2, 0.25) is 0 Å². The fourth-order valence-corrected chi connectivity index (χ4v) is 3.77. The molecular weight excluding hydrogens is 344 g/mol. The van der Waals surface area contributed by atoms with Crippen LogP contribution in [0.1, 0.15) is 30.4 Å². The van der Waals surface area contributed by atoms with Crippen LogP contribution in [0.25, 0.3) is 0 Å². The molecule has 1 unspecified atom stereocenters. The number of hydrogen-bond acceptors (Lipinski definition) is 6. The number of aryl methyl sites for hydroxylation is 1. The van der Waals surface area contributed by atoms with Gasteiger partial charge in [0.15, 0.2) is 0 Å². The molecule has 1 aromatic rings. The van der Waals surface area contributed by atoms with Gasteiger partial charge in [-0.2, -0.15) is 13.7 Å². The highest BCUT2D eigenvalue weighted by Gasteiger charge is 2.16. The Balaban J connectivity index is 2.10. The fraction of sp³-hybridized carbons (Fsp3) is 0.294. The predicted molar refractivity (Wildman–Crippen MR) is 96.9 cm³/mol. The van der Waals surface area contributed by atoms with Crippen LogP contribution in [-0.2, 0) is 14.4 Å². The molecule has 0 N–H and O–H groups in total. The highest BCUT2D eigenvalue weighted by atomic mass is 32.2. The van der Waals surface area contributed by atoms with Crippen molar-refractivity contribution in [1.82, 2.24) is 0 Å². The van der Waals surface area contributed by atoms with E-state index in [1.54, 1.807) is 19.1 Å². The van der Waals surface area contributed by atoms with Gasteiger partial charge < -0.3 is 0 Å². The van der Waals surface area contributed by atoms with Crippen molar-refractivity contribution in [3.05, 3.63) is 58.5 Å². The second-order valence-corrected chi connectivity index (χ2v) is 8.00. The van der Waals surface area contributed by atoms with Crippen LogP contribution in [0.2, 0.25) is 0 Å². The maximum Gasteiger partial charge on any atom is 0.328 e. The Labute approximate surface area is 146 Å². The maximum atomic E-state index is 11.5. The molecule has 0 saturated carbocycles. The Morgan fingerprint density at radius 2 is 2.12 bits per heavy atom. The molecule has 1 atom stereocenters. The molecule has 0 aliphatic carbocycles. The molecule has 126 valence electrons. The Kier molecular flexibility index (Phi) is 6.23. The monoisotopic (exact) mass is 362 g/mol. The van der Waals surface area contributed by atoms with Crippen molar-refractivity contribution in [2.75, 3.05) is 5.75 Å². The van der Waals surface area contributed by atoms with E-state index in [9.17, 15) is 13.7 Å². The minimum atomic E-state index is -3.62. The number of oxime groups is 1. The number of nitriles is 1. The van der Waals surface area contributed by atoms with Crippen molar-refractivity contribution in [1.29, 1.82) is 5.26 Å². The molecule has 24 heavy (non-hydrogen) atoms. The van der Waals surface area contributed by atoms with Crippen molar-refractivity contribution in [2.24, 2.45) is 5.16 Å². The summed E-state index contributed by atoms with van der Waals surface area (Å²) in [5.41, 5.74) is 2.00. The lowest BCUT2D eigenvalue weighted by atomic mass is 9.95. The van der Waals surface area contributed by atoms with Gasteiger partial charge in [0.1, 0.15) is 5.04 Å². The lowest BCUT2D eigenvalue weighted by Gasteiger charge is -2.08. The van der Waals surface area contributed by atoms with Crippen LogP contribution >= 0.6 is 11.8 Å². The van der Waals surface area contributed by atoms with Crippen molar-refractivity contribution in [2.45, 2.75) is 26.2 Å². The van der Waals surface area contributed by atoms with E-state index in [4.69, 9.17) is 0 Å². The van der Waals surface area contributed by atoms with Gasteiger partial charge in [0, 0.05) is 4.91 Å². The van der Waals surface area contributed by atoms with E-state index in [0.717, 1.165) is 16.0 Å². The first kappa shape index (κ1) is 18.3. The minimum absolute atomic E-state index is 0.0648. The summed E-state index contributed by atoms with van der Waals surface area (Å²) in [6, 6.07) is 10.0. The zero-order chi connectivity index (χ0) is 17.6. The number of rotatable bonds is 6. The molecule has 0 bridgehead atoms. The summed E-state index contributed by atoms with van der Waals surface area (Å²) >= 11 is 1.27. The third kappa shape index (κ3) is 4.98. The predicted octanol–water partition coefficient (Wildman–Crippen LogP) is 3.86. The van der Waals surface area contributed by atoms with E-state index in [-0.39, 0.29) is 11.7 Å². The molecular formula is C17H18N2O3S2. The van der Waals surface area contributed by atoms with Gasteiger partial charge in [-0.25, -0.2) is 0 Å². The third-order valence-corrected chi connectivity index (χ3v) is 5.44. The van der Waals surface area contributed by atoms with Crippen LogP contribution in [0, 0.1) is 18.3 Å². The van der Waals surface area contributed by atoms with E-state index < -0.39 is 10.1 Å². The third-order valence-electron chi connectivity index (χ3n) is 3.30. The molecule has 0 fully saturated rings. The largest absolute Gasteiger partial charge is 0.328 e.